The van der Waals surface area contributed by atoms with Crippen molar-refractivity contribution in [2.75, 3.05) is 18.1 Å². The number of carbonyl (C=O) groups is 1. The number of nitrogens with zero attached hydrogens (tertiary/aromatic N) is 1. The Morgan fingerprint density at radius 2 is 1.93 bits per heavy atom. The minimum absolute atomic E-state index is 0.0340. The second kappa shape index (κ2) is 8.24. The van der Waals surface area contributed by atoms with Crippen LogP contribution in [-0.4, -0.2) is 38.0 Å². The quantitative estimate of drug-likeness (QED) is 0.795. The number of rotatable bonds is 6. The fraction of sp³-hybridized carbons (Fsp3) is 0.316. The predicted octanol–water partition coefficient (Wildman–Crippen LogP) is 2.79. The first kappa shape index (κ1) is 20.2. The molecule has 0 aliphatic carbocycles. The predicted molar refractivity (Wildman–Crippen MR) is 101 cm³/mol. The molecule has 0 unspecified atom stereocenters. The summed E-state index contributed by atoms with van der Waals surface area (Å²) in [6, 6.07) is 11.3. The SMILES string of the molecule is CS(=O)(=O)N1CCc2c(cccc2NC(=O)Cc2ccc(OC(F)F)cc2)C1. The first-order chi connectivity index (χ1) is 13.2. The number of anilines is 1. The molecule has 28 heavy (non-hydrogen) atoms. The lowest BCUT2D eigenvalue weighted by Crippen LogP contribution is -2.35. The van der Waals surface area contributed by atoms with Crippen molar-refractivity contribution >= 4 is 21.6 Å². The largest absolute Gasteiger partial charge is 0.435 e. The van der Waals surface area contributed by atoms with Gasteiger partial charge in [-0.05, 0) is 41.3 Å². The van der Waals surface area contributed by atoms with Crippen molar-refractivity contribution in [3.8, 4) is 5.75 Å². The van der Waals surface area contributed by atoms with Crippen molar-refractivity contribution in [2.45, 2.75) is 26.0 Å². The summed E-state index contributed by atoms with van der Waals surface area (Å²) in [4.78, 5) is 12.4. The maximum absolute atomic E-state index is 12.4. The van der Waals surface area contributed by atoms with E-state index in [-0.39, 0.29) is 24.6 Å². The fourth-order valence-corrected chi connectivity index (χ4v) is 3.95. The van der Waals surface area contributed by atoms with E-state index in [2.05, 4.69) is 10.1 Å². The van der Waals surface area contributed by atoms with Gasteiger partial charge in [-0.15, -0.1) is 0 Å². The first-order valence-electron chi connectivity index (χ1n) is 8.62. The molecule has 0 fully saturated rings. The van der Waals surface area contributed by atoms with Gasteiger partial charge in [-0.1, -0.05) is 24.3 Å². The minimum Gasteiger partial charge on any atom is -0.435 e. The van der Waals surface area contributed by atoms with E-state index in [1.165, 1.54) is 22.7 Å². The molecule has 0 radical (unpaired) electrons. The third-order valence-corrected chi connectivity index (χ3v) is 5.74. The first-order valence-corrected chi connectivity index (χ1v) is 10.5. The van der Waals surface area contributed by atoms with Crippen LogP contribution in [0.4, 0.5) is 14.5 Å². The van der Waals surface area contributed by atoms with E-state index in [4.69, 9.17) is 0 Å². The van der Waals surface area contributed by atoms with Gasteiger partial charge in [-0.25, -0.2) is 8.42 Å². The highest BCUT2D eigenvalue weighted by atomic mass is 32.2. The van der Waals surface area contributed by atoms with Crippen LogP contribution in [0.5, 0.6) is 5.75 Å². The molecule has 9 heteroatoms. The molecule has 2 aromatic carbocycles. The number of hydrogen-bond donors (Lipinski definition) is 1. The van der Waals surface area contributed by atoms with Crippen LogP contribution in [0.1, 0.15) is 16.7 Å². The Morgan fingerprint density at radius 3 is 2.57 bits per heavy atom. The van der Waals surface area contributed by atoms with E-state index >= 15 is 0 Å². The lowest BCUT2D eigenvalue weighted by molar-refractivity contribution is -0.115. The van der Waals surface area contributed by atoms with Crippen molar-refractivity contribution in [1.82, 2.24) is 4.31 Å². The summed E-state index contributed by atoms with van der Waals surface area (Å²) < 4.78 is 53.5. The van der Waals surface area contributed by atoms with Gasteiger partial charge >= 0.3 is 6.61 Å². The smallest absolute Gasteiger partial charge is 0.387 e. The standard InChI is InChI=1S/C19H20F2N2O4S/c1-28(25,26)23-10-9-16-14(12-23)3-2-4-17(16)22-18(24)11-13-5-7-15(8-6-13)27-19(20)21/h2-8,19H,9-12H2,1H3,(H,22,24). The Labute approximate surface area is 162 Å². The van der Waals surface area contributed by atoms with Crippen molar-refractivity contribution in [3.05, 3.63) is 59.2 Å². The van der Waals surface area contributed by atoms with Gasteiger partial charge < -0.3 is 10.1 Å². The van der Waals surface area contributed by atoms with E-state index in [0.29, 0.717) is 24.2 Å². The Bertz CT molecular complexity index is 962. The monoisotopic (exact) mass is 410 g/mol. The average Bonchev–Trinajstić information content (AvgIpc) is 2.62. The number of sulfonamides is 1. The number of halogens is 2. The molecule has 1 aliphatic rings. The van der Waals surface area contributed by atoms with Gasteiger partial charge in [0, 0.05) is 18.8 Å². The van der Waals surface area contributed by atoms with E-state index in [0.717, 1.165) is 11.1 Å². The number of benzene rings is 2. The van der Waals surface area contributed by atoms with Crippen LogP contribution >= 0.6 is 0 Å². The molecule has 2 aromatic rings. The summed E-state index contributed by atoms with van der Waals surface area (Å²) in [5.74, 6) is -0.215. The number of carbonyl (C=O) groups excluding carboxylic acids is 1. The molecule has 3 rings (SSSR count). The lowest BCUT2D eigenvalue weighted by Gasteiger charge is -2.28. The van der Waals surface area contributed by atoms with Crippen LogP contribution in [0.3, 0.4) is 0 Å². The van der Waals surface area contributed by atoms with Crippen LogP contribution in [0, 0.1) is 0 Å². The summed E-state index contributed by atoms with van der Waals surface area (Å²) in [5.41, 5.74) is 3.11. The molecule has 1 N–H and O–H groups in total. The third kappa shape index (κ3) is 5.05. The molecule has 0 saturated carbocycles. The summed E-state index contributed by atoms with van der Waals surface area (Å²) in [5, 5.41) is 2.86. The molecule has 1 heterocycles. The molecular formula is C19H20F2N2O4S. The number of amides is 1. The second-order valence-corrected chi connectivity index (χ2v) is 8.52. The van der Waals surface area contributed by atoms with E-state index in [1.54, 1.807) is 24.3 Å². The molecule has 150 valence electrons. The second-order valence-electron chi connectivity index (χ2n) is 6.54. The molecule has 0 atom stereocenters. The summed E-state index contributed by atoms with van der Waals surface area (Å²) in [6.45, 7) is -2.25. The van der Waals surface area contributed by atoms with Gasteiger partial charge in [0.05, 0.1) is 12.7 Å². The van der Waals surface area contributed by atoms with E-state index < -0.39 is 16.6 Å². The highest BCUT2D eigenvalue weighted by Crippen LogP contribution is 2.27. The van der Waals surface area contributed by atoms with Gasteiger partial charge in [0.15, 0.2) is 0 Å². The summed E-state index contributed by atoms with van der Waals surface area (Å²) in [6.07, 6.45) is 1.77. The van der Waals surface area contributed by atoms with Gasteiger partial charge in [0.25, 0.3) is 0 Å². The van der Waals surface area contributed by atoms with Crippen molar-refractivity contribution in [1.29, 1.82) is 0 Å². The van der Waals surface area contributed by atoms with Gasteiger partial charge in [0.2, 0.25) is 15.9 Å². The Hall–Kier alpha value is -2.52. The zero-order valence-electron chi connectivity index (χ0n) is 15.2. The summed E-state index contributed by atoms with van der Waals surface area (Å²) >= 11 is 0. The van der Waals surface area contributed by atoms with Crippen molar-refractivity contribution in [3.63, 3.8) is 0 Å². The molecule has 0 spiro atoms. The third-order valence-electron chi connectivity index (χ3n) is 4.49. The van der Waals surface area contributed by atoms with Crippen LogP contribution in [0.2, 0.25) is 0 Å². The minimum atomic E-state index is -3.27. The number of alkyl halides is 2. The molecule has 1 aliphatic heterocycles. The maximum Gasteiger partial charge on any atom is 0.387 e. The highest BCUT2D eigenvalue weighted by Gasteiger charge is 2.24. The fourth-order valence-electron chi connectivity index (χ4n) is 3.15. The lowest BCUT2D eigenvalue weighted by atomic mass is 9.99. The molecular weight excluding hydrogens is 390 g/mol. The van der Waals surface area contributed by atoms with Gasteiger partial charge in [-0.2, -0.15) is 13.1 Å². The maximum atomic E-state index is 12.4. The molecule has 0 saturated heterocycles. The topological polar surface area (TPSA) is 75.7 Å². The Kier molecular flexibility index (Phi) is 5.95. The molecule has 6 nitrogen and oxygen atoms in total. The number of hydrogen-bond acceptors (Lipinski definition) is 4. The zero-order valence-corrected chi connectivity index (χ0v) is 16.0. The Balaban J connectivity index is 1.67. The normalized spacial score (nSPS) is 14.6. The summed E-state index contributed by atoms with van der Waals surface area (Å²) in [7, 11) is -3.27. The molecule has 1 amide bonds. The number of ether oxygens (including phenoxy) is 1. The molecule has 0 bridgehead atoms. The van der Waals surface area contributed by atoms with Crippen molar-refractivity contribution in [2.24, 2.45) is 0 Å². The van der Waals surface area contributed by atoms with Crippen LogP contribution in [0.25, 0.3) is 0 Å². The van der Waals surface area contributed by atoms with E-state index in [1.807, 2.05) is 6.07 Å². The van der Waals surface area contributed by atoms with Crippen LogP contribution < -0.4 is 10.1 Å². The van der Waals surface area contributed by atoms with Crippen LogP contribution in [-0.2, 0) is 34.2 Å². The van der Waals surface area contributed by atoms with Gasteiger partial charge in [-0.3, -0.25) is 4.79 Å². The van der Waals surface area contributed by atoms with Crippen LogP contribution in [0.15, 0.2) is 42.5 Å². The number of nitrogens with one attached hydrogen (secondary N) is 1. The highest BCUT2D eigenvalue weighted by molar-refractivity contribution is 7.88. The average molecular weight is 410 g/mol. The van der Waals surface area contributed by atoms with Gasteiger partial charge in [0.1, 0.15) is 5.75 Å². The Morgan fingerprint density at radius 1 is 1.21 bits per heavy atom. The van der Waals surface area contributed by atoms with Crippen molar-refractivity contribution < 1.29 is 26.7 Å². The number of fused-ring (bicyclic) bond motifs is 1. The molecule has 0 aromatic heterocycles. The zero-order chi connectivity index (χ0) is 20.3. The van der Waals surface area contributed by atoms with E-state index in [9.17, 15) is 22.0 Å².